The van der Waals surface area contributed by atoms with Crippen LogP contribution in [0.3, 0.4) is 0 Å². The summed E-state index contributed by atoms with van der Waals surface area (Å²) < 4.78 is 70.6. The highest BCUT2D eigenvalue weighted by Gasteiger charge is 2.57. The number of hydrogen-bond acceptors (Lipinski definition) is 11. The molecule has 0 spiro atoms. The lowest BCUT2D eigenvalue weighted by molar-refractivity contribution is -0.183. The highest BCUT2D eigenvalue weighted by atomic mass is 32.2. The van der Waals surface area contributed by atoms with Gasteiger partial charge in [0.15, 0.2) is 0 Å². The number of carbonyl (C=O) groups excluding carboxylic acids is 2. The average Bonchev–Trinajstić information content (AvgIpc) is 3.62. The Balaban J connectivity index is 1.33. The lowest BCUT2D eigenvalue weighted by atomic mass is 9.45. The third-order valence-electron chi connectivity index (χ3n) is 13.9. The molecule has 4 aliphatic rings. The van der Waals surface area contributed by atoms with E-state index in [1.54, 1.807) is 60.0 Å². The fraction of sp³-hybridized carbons (Fsp3) is 0.574. The highest BCUT2D eigenvalue weighted by Crippen LogP contribution is 2.61. The molecule has 3 saturated carbocycles. The van der Waals surface area contributed by atoms with Gasteiger partial charge in [0.05, 0.1) is 26.4 Å². The minimum atomic E-state index is -5.59. The summed E-state index contributed by atoms with van der Waals surface area (Å²) in [6.07, 6.45) is 0.649. The summed E-state index contributed by atoms with van der Waals surface area (Å²) in [5.74, 6) is 0.123. The van der Waals surface area contributed by atoms with E-state index in [2.05, 4.69) is 31.4 Å². The quantitative estimate of drug-likeness (QED) is 0.112. The Morgan fingerprint density at radius 3 is 2.35 bits per heavy atom. The predicted octanol–water partition coefficient (Wildman–Crippen LogP) is 4.80. The molecule has 65 heavy (non-hydrogen) atoms. The van der Waals surface area contributed by atoms with Gasteiger partial charge in [0, 0.05) is 67.1 Å². The number of halogens is 3. The van der Waals surface area contributed by atoms with Gasteiger partial charge in [0.1, 0.15) is 17.9 Å². The average molecular weight is 931 g/mol. The van der Waals surface area contributed by atoms with Gasteiger partial charge in [-0.2, -0.15) is 18.2 Å². The molecule has 7 rings (SSSR count). The summed E-state index contributed by atoms with van der Waals surface area (Å²) in [7, 11) is 1.27. The predicted molar refractivity (Wildman–Crippen MR) is 242 cm³/mol. The molecule has 9 atom stereocenters. The minimum Gasteiger partial charge on any atom is -0.496 e. The second-order valence-electron chi connectivity index (χ2n) is 18.9. The van der Waals surface area contributed by atoms with Gasteiger partial charge >= 0.3 is 15.5 Å². The number of benzene rings is 3. The summed E-state index contributed by atoms with van der Waals surface area (Å²) in [6.45, 7) is 7.67. The van der Waals surface area contributed by atoms with Crippen molar-refractivity contribution in [2.45, 2.75) is 89.3 Å². The maximum absolute atomic E-state index is 14.4. The Hall–Kier alpha value is -4.30. The molecule has 4 fully saturated rings. The van der Waals surface area contributed by atoms with Crippen molar-refractivity contribution in [1.82, 2.24) is 25.3 Å². The zero-order chi connectivity index (χ0) is 47.6. The molecule has 3 aromatic rings. The van der Waals surface area contributed by atoms with Crippen molar-refractivity contribution in [2.75, 3.05) is 59.4 Å². The van der Waals surface area contributed by atoms with Crippen LogP contribution in [-0.4, -0.2) is 131 Å². The van der Waals surface area contributed by atoms with Gasteiger partial charge in [-0.3, -0.25) is 14.4 Å². The number of aliphatic hydroxyl groups is 2. The van der Waals surface area contributed by atoms with Gasteiger partial charge in [0.2, 0.25) is 5.91 Å². The smallest absolute Gasteiger partial charge is 0.496 e. The van der Waals surface area contributed by atoms with Crippen molar-refractivity contribution in [1.29, 1.82) is 0 Å². The van der Waals surface area contributed by atoms with Crippen LogP contribution in [-0.2, 0) is 32.6 Å². The van der Waals surface area contributed by atoms with Crippen LogP contribution >= 0.6 is 0 Å². The Labute approximate surface area is 380 Å². The van der Waals surface area contributed by atoms with Gasteiger partial charge in [-0.05, 0) is 92.8 Å². The van der Waals surface area contributed by atoms with E-state index in [1.807, 2.05) is 49.3 Å². The van der Waals surface area contributed by atoms with Crippen LogP contribution in [0.2, 0.25) is 0 Å². The summed E-state index contributed by atoms with van der Waals surface area (Å²) in [6, 6.07) is 18.7. The normalized spacial score (nSPS) is 25.1. The number of carbonyl (C=O) groups is 2. The largest absolute Gasteiger partial charge is 0.511 e. The van der Waals surface area contributed by atoms with Crippen molar-refractivity contribution < 1.29 is 51.0 Å². The lowest BCUT2D eigenvalue weighted by Crippen LogP contribution is -2.62. The number of amides is 2. The fourth-order valence-electron chi connectivity index (χ4n) is 10.3. The number of anilines is 1. The van der Waals surface area contributed by atoms with Crippen molar-refractivity contribution in [2.24, 2.45) is 29.1 Å². The molecule has 0 aromatic heterocycles. The third-order valence-corrected chi connectivity index (χ3v) is 15.1. The van der Waals surface area contributed by atoms with Crippen molar-refractivity contribution in [3.05, 3.63) is 83.4 Å². The number of nitrogens with zero attached hydrogens (tertiary/aromatic N) is 3. The van der Waals surface area contributed by atoms with E-state index in [0.29, 0.717) is 52.9 Å². The van der Waals surface area contributed by atoms with Crippen LogP contribution in [0.15, 0.2) is 66.7 Å². The SMILES string of the molecule is COc1c(CN2O[C@@H](CO)[C@@H]([C@H](C)O)[C@H]2C(=O)NC2CC3C[C@H]([C@@H]2C)C3(C)C)cccc1-c1cc(C(=O)N[C@@H](Cc2ccccc2)CN(C)C)cc(N(C)CCNS(=O)(=O)C(F)(F)F)c1. The highest BCUT2D eigenvalue weighted by molar-refractivity contribution is 7.90. The molecule has 2 unspecified atom stereocenters. The van der Waals surface area contributed by atoms with Crippen LogP contribution in [0.1, 0.15) is 62.0 Å². The first-order valence-electron chi connectivity index (χ1n) is 22.2. The van der Waals surface area contributed by atoms with Crippen LogP contribution in [0, 0.1) is 29.1 Å². The first kappa shape index (κ1) is 50.1. The van der Waals surface area contributed by atoms with Crippen LogP contribution in [0.25, 0.3) is 11.1 Å². The fourth-order valence-corrected chi connectivity index (χ4v) is 10.8. The number of methoxy groups -OCH3 is 1. The maximum Gasteiger partial charge on any atom is 0.511 e. The molecular weight excluding hydrogens is 866 g/mol. The van der Waals surface area contributed by atoms with E-state index >= 15 is 0 Å². The number of alkyl halides is 3. The van der Waals surface area contributed by atoms with Crippen LogP contribution < -0.4 is 25.0 Å². The Kier molecular flexibility index (Phi) is 15.6. The lowest BCUT2D eigenvalue weighted by Gasteiger charge is -2.62. The number of hydroxylamine groups is 2. The molecule has 2 amide bonds. The van der Waals surface area contributed by atoms with Gasteiger partial charge in [-0.25, -0.2) is 13.1 Å². The van der Waals surface area contributed by atoms with Gasteiger partial charge < -0.3 is 35.4 Å². The molecule has 3 aromatic carbocycles. The van der Waals surface area contributed by atoms with Gasteiger partial charge in [0.25, 0.3) is 5.91 Å². The summed E-state index contributed by atoms with van der Waals surface area (Å²) in [4.78, 5) is 38.4. The van der Waals surface area contributed by atoms with E-state index in [4.69, 9.17) is 9.57 Å². The number of fused-ring (bicyclic) bond motifs is 2. The number of sulfonamides is 1. The molecule has 1 heterocycles. The molecule has 358 valence electrons. The number of rotatable bonds is 19. The number of nitrogens with one attached hydrogen (secondary N) is 3. The number of hydrogen-bond donors (Lipinski definition) is 5. The first-order valence-corrected chi connectivity index (χ1v) is 23.6. The minimum absolute atomic E-state index is 0.00527. The molecule has 14 nitrogen and oxygen atoms in total. The van der Waals surface area contributed by atoms with Crippen molar-refractivity contribution in [3.8, 4) is 16.9 Å². The molecule has 0 radical (unpaired) electrons. The molecule has 2 bridgehead atoms. The maximum atomic E-state index is 14.4. The standard InChI is InChI=1S/C47H65F3N6O8S/c1-28-38-23-34(46(38,3)4)24-39(28)53-45(60)42-41(29(2)58)40(27-57)64-56(42)25-31-15-12-16-37(43(31)63-8)32-20-33(22-36(21-32)55(7)18-17-51-65(61,62)47(48,49)50)44(59)52-35(26-54(5)6)19-30-13-10-9-11-14-30/h9-16,20-22,28-29,34-35,38-42,51,57-58H,17-19,23-27H2,1-8H3,(H,52,59)(H,53,60)/t28-,29-,34?,35-,38+,39?,40-,41+,42-/m0/s1. The van der Waals surface area contributed by atoms with Crippen molar-refractivity contribution >= 4 is 27.5 Å². The zero-order valence-electron chi connectivity index (χ0n) is 38.4. The van der Waals surface area contributed by atoms with E-state index in [1.165, 1.54) is 12.2 Å². The molecule has 18 heteroatoms. The Morgan fingerprint density at radius 2 is 1.75 bits per heavy atom. The summed E-state index contributed by atoms with van der Waals surface area (Å²) in [5, 5.41) is 29.4. The number of ether oxygens (including phenoxy) is 1. The molecule has 1 saturated heterocycles. The molecule has 3 aliphatic carbocycles. The van der Waals surface area contributed by atoms with Crippen LogP contribution in [0.5, 0.6) is 5.75 Å². The second-order valence-corrected chi connectivity index (χ2v) is 20.6. The number of aliphatic hydroxyl groups excluding tert-OH is 2. The summed E-state index contributed by atoms with van der Waals surface area (Å²) >= 11 is 0. The molecular formula is C47H65F3N6O8S. The van der Waals surface area contributed by atoms with E-state index in [-0.39, 0.29) is 48.0 Å². The second kappa shape index (κ2) is 20.3. The van der Waals surface area contributed by atoms with E-state index in [0.717, 1.165) is 18.4 Å². The summed E-state index contributed by atoms with van der Waals surface area (Å²) in [5.41, 5.74) is -2.00. The van der Waals surface area contributed by atoms with Gasteiger partial charge in [-0.1, -0.05) is 69.3 Å². The zero-order valence-corrected chi connectivity index (χ0v) is 39.2. The van der Waals surface area contributed by atoms with E-state index < -0.39 is 58.8 Å². The third kappa shape index (κ3) is 11.1. The Bertz CT molecular complexity index is 2250. The first-order chi connectivity index (χ1) is 30.6. The topological polar surface area (TPSA) is 173 Å². The van der Waals surface area contributed by atoms with E-state index in [9.17, 15) is 41.4 Å². The van der Waals surface area contributed by atoms with Crippen molar-refractivity contribution in [3.63, 3.8) is 0 Å². The van der Waals surface area contributed by atoms with Gasteiger partial charge in [-0.15, -0.1) is 0 Å². The molecule has 5 N–H and O–H groups in total. The Morgan fingerprint density at radius 1 is 1.05 bits per heavy atom. The van der Waals surface area contributed by atoms with Crippen LogP contribution in [0.4, 0.5) is 18.9 Å². The monoisotopic (exact) mass is 930 g/mol. The molecule has 1 aliphatic heterocycles. The number of para-hydroxylation sites is 1. The number of likely N-dealkylation sites (N-methyl/N-ethyl adjacent to an activating group) is 2.